The average molecular weight is 407 g/mol. The van der Waals surface area contributed by atoms with E-state index in [4.69, 9.17) is 0 Å². The van der Waals surface area contributed by atoms with Crippen LogP contribution in [0.3, 0.4) is 0 Å². The summed E-state index contributed by atoms with van der Waals surface area (Å²) in [5, 5.41) is 5.60. The third-order valence-corrected chi connectivity index (χ3v) is 6.85. The summed E-state index contributed by atoms with van der Waals surface area (Å²) in [6.45, 7) is 11.5. The topological polar surface area (TPSA) is 60.5 Å². The summed E-state index contributed by atoms with van der Waals surface area (Å²) in [6.07, 6.45) is 8.66. The number of anilines is 1. The lowest BCUT2D eigenvalue weighted by molar-refractivity contribution is -0.123. The standard InChI is InChI=1S/C25H34N4O/c1-6-25(7-2)20-12-21-19(11-23(20)29(24(25)30)15-16(3)4)18-10-8-9-17(5)13-26-27-14-22(18)28-21/h11-14,16,26,28H,6-10,15H2,1-5H3/b17-13+,27-14+. The van der Waals surface area contributed by atoms with Crippen molar-refractivity contribution in [3.8, 4) is 0 Å². The smallest absolute Gasteiger partial charge is 0.237 e. The fraction of sp³-hybridized carbons (Fsp3) is 0.520. The fourth-order valence-corrected chi connectivity index (χ4v) is 5.12. The van der Waals surface area contributed by atoms with E-state index in [-0.39, 0.29) is 5.91 Å². The van der Waals surface area contributed by atoms with E-state index in [1.165, 1.54) is 22.1 Å². The summed E-state index contributed by atoms with van der Waals surface area (Å²) in [6, 6.07) is 4.51. The third kappa shape index (κ3) is 3.24. The van der Waals surface area contributed by atoms with Crippen LogP contribution >= 0.6 is 0 Å². The molecule has 3 heterocycles. The zero-order valence-corrected chi connectivity index (χ0v) is 18.9. The monoisotopic (exact) mass is 406 g/mol. The van der Waals surface area contributed by atoms with Crippen molar-refractivity contribution in [1.29, 1.82) is 0 Å². The van der Waals surface area contributed by atoms with Crippen molar-refractivity contribution in [2.24, 2.45) is 11.0 Å². The minimum Gasteiger partial charge on any atom is -0.353 e. The lowest BCUT2D eigenvalue weighted by Crippen LogP contribution is -2.41. The third-order valence-electron chi connectivity index (χ3n) is 6.85. The van der Waals surface area contributed by atoms with Gasteiger partial charge in [-0.1, -0.05) is 33.3 Å². The summed E-state index contributed by atoms with van der Waals surface area (Å²) in [5.41, 5.74) is 9.69. The molecule has 0 atom stereocenters. The predicted molar refractivity (Wildman–Crippen MR) is 125 cm³/mol. The fourth-order valence-electron chi connectivity index (χ4n) is 5.12. The first-order valence-electron chi connectivity index (χ1n) is 11.4. The highest BCUT2D eigenvalue weighted by Crippen LogP contribution is 2.48. The number of benzene rings is 1. The number of nitrogens with zero attached hydrogens (tertiary/aromatic N) is 2. The van der Waals surface area contributed by atoms with E-state index < -0.39 is 5.41 Å². The minimum absolute atomic E-state index is 0.270. The number of H-pyrrole nitrogens is 1. The van der Waals surface area contributed by atoms with E-state index in [0.717, 1.165) is 55.5 Å². The summed E-state index contributed by atoms with van der Waals surface area (Å²) in [4.78, 5) is 19.2. The molecule has 2 aliphatic heterocycles. The Labute approximate surface area is 179 Å². The number of carbonyl (C=O) groups excluding carboxylic acids is 1. The van der Waals surface area contributed by atoms with Crippen LogP contribution < -0.4 is 10.3 Å². The highest BCUT2D eigenvalue weighted by Gasteiger charge is 2.48. The lowest BCUT2D eigenvalue weighted by Gasteiger charge is -2.26. The summed E-state index contributed by atoms with van der Waals surface area (Å²) in [5.74, 6) is 0.695. The molecule has 0 unspecified atom stereocenters. The first-order valence-corrected chi connectivity index (χ1v) is 11.4. The Morgan fingerprint density at radius 3 is 2.67 bits per heavy atom. The van der Waals surface area contributed by atoms with Crippen LogP contribution in [0.5, 0.6) is 0 Å². The van der Waals surface area contributed by atoms with Gasteiger partial charge in [0.1, 0.15) is 0 Å². The second kappa shape index (κ2) is 7.93. The Hall–Kier alpha value is -2.56. The van der Waals surface area contributed by atoms with Crippen molar-refractivity contribution in [1.82, 2.24) is 10.4 Å². The van der Waals surface area contributed by atoms with Crippen LogP contribution in [-0.4, -0.2) is 23.7 Å². The van der Waals surface area contributed by atoms with Crippen molar-refractivity contribution in [3.05, 3.63) is 40.7 Å². The van der Waals surface area contributed by atoms with Gasteiger partial charge in [-0.2, -0.15) is 5.10 Å². The van der Waals surface area contributed by atoms with Crippen LogP contribution in [0, 0.1) is 5.92 Å². The maximum atomic E-state index is 13.6. The Morgan fingerprint density at radius 1 is 1.20 bits per heavy atom. The average Bonchev–Trinajstić information content (AvgIpc) is 3.17. The molecule has 0 aliphatic carbocycles. The van der Waals surface area contributed by atoms with Crippen LogP contribution in [0.2, 0.25) is 0 Å². The zero-order chi connectivity index (χ0) is 21.5. The van der Waals surface area contributed by atoms with E-state index in [1.807, 2.05) is 12.4 Å². The Balaban J connectivity index is 1.89. The number of aryl methyl sites for hydroxylation is 1. The summed E-state index contributed by atoms with van der Waals surface area (Å²) in [7, 11) is 0. The molecule has 0 spiro atoms. The molecule has 0 saturated heterocycles. The maximum absolute atomic E-state index is 13.6. The molecule has 2 aliphatic rings. The number of rotatable bonds is 4. The van der Waals surface area contributed by atoms with Crippen molar-refractivity contribution in [3.63, 3.8) is 0 Å². The van der Waals surface area contributed by atoms with Gasteiger partial charge < -0.3 is 9.88 Å². The van der Waals surface area contributed by atoms with Gasteiger partial charge in [0.25, 0.3) is 0 Å². The first-order chi connectivity index (χ1) is 14.4. The zero-order valence-electron chi connectivity index (χ0n) is 18.9. The molecule has 0 saturated carbocycles. The first kappa shape index (κ1) is 20.7. The summed E-state index contributed by atoms with van der Waals surface area (Å²) >= 11 is 0. The van der Waals surface area contributed by atoms with E-state index in [0.29, 0.717) is 5.92 Å². The van der Waals surface area contributed by atoms with E-state index >= 15 is 0 Å². The normalized spacial score (nSPS) is 21.2. The minimum atomic E-state index is -0.413. The molecule has 5 nitrogen and oxygen atoms in total. The highest BCUT2D eigenvalue weighted by atomic mass is 16.2. The number of allylic oxidation sites excluding steroid dienone is 1. The molecular weight excluding hydrogens is 372 g/mol. The van der Waals surface area contributed by atoms with Crippen molar-refractivity contribution in [2.45, 2.75) is 72.1 Å². The molecule has 1 amide bonds. The van der Waals surface area contributed by atoms with Crippen LogP contribution in [0.1, 0.15) is 77.1 Å². The maximum Gasteiger partial charge on any atom is 0.237 e. The van der Waals surface area contributed by atoms with Gasteiger partial charge in [-0.05, 0) is 68.2 Å². The number of fused-ring (bicyclic) bond motifs is 4. The van der Waals surface area contributed by atoms with Gasteiger partial charge in [-0.15, -0.1) is 0 Å². The van der Waals surface area contributed by atoms with E-state index in [2.05, 4.69) is 67.2 Å². The number of aromatic nitrogens is 1. The molecule has 0 radical (unpaired) electrons. The van der Waals surface area contributed by atoms with E-state index in [9.17, 15) is 4.79 Å². The molecule has 2 N–H and O–H groups in total. The van der Waals surface area contributed by atoms with Crippen molar-refractivity contribution >= 4 is 28.7 Å². The van der Waals surface area contributed by atoms with Gasteiger partial charge in [-0.25, -0.2) is 0 Å². The Morgan fingerprint density at radius 2 is 1.97 bits per heavy atom. The largest absolute Gasteiger partial charge is 0.353 e. The Bertz CT molecular complexity index is 1020. The molecule has 2 aromatic rings. The molecule has 0 fully saturated rings. The number of nitrogens with one attached hydrogen (secondary N) is 2. The molecule has 1 aromatic carbocycles. The second-order valence-corrected chi connectivity index (χ2v) is 9.26. The van der Waals surface area contributed by atoms with Gasteiger partial charge in [0.05, 0.1) is 17.3 Å². The van der Waals surface area contributed by atoms with Gasteiger partial charge in [0.15, 0.2) is 0 Å². The highest BCUT2D eigenvalue weighted by molar-refractivity contribution is 6.11. The van der Waals surface area contributed by atoms with E-state index in [1.54, 1.807) is 0 Å². The molecule has 4 rings (SSSR count). The SMILES string of the molecule is CCC1(CC)C(=O)N(CC(C)C)c2cc3c4c([nH]c3cc21)/C=N/N/C=C(\C)CCC4. The number of carbonyl (C=O) groups is 1. The van der Waals surface area contributed by atoms with Crippen LogP contribution in [0.4, 0.5) is 5.69 Å². The Kier molecular flexibility index (Phi) is 5.48. The second-order valence-electron chi connectivity index (χ2n) is 9.26. The quantitative estimate of drug-likeness (QED) is 0.715. The molecular formula is C25H34N4O. The molecule has 0 bridgehead atoms. The number of hydrazone groups is 1. The van der Waals surface area contributed by atoms with Gasteiger partial charge in [-0.3, -0.25) is 10.2 Å². The van der Waals surface area contributed by atoms with Crippen LogP contribution in [-0.2, 0) is 16.6 Å². The molecule has 160 valence electrons. The summed E-state index contributed by atoms with van der Waals surface area (Å²) < 4.78 is 0. The number of aromatic amines is 1. The van der Waals surface area contributed by atoms with Gasteiger partial charge in [0.2, 0.25) is 5.91 Å². The van der Waals surface area contributed by atoms with Crippen LogP contribution in [0.25, 0.3) is 10.9 Å². The lowest BCUT2D eigenvalue weighted by atomic mass is 9.76. The number of hydrogen-bond acceptors (Lipinski definition) is 3. The molecule has 1 aromatic heterocycles. The van der Waals surface area contributed by atoms with Gasteiger partial charge in [0, 0.05) is 29.3 Å². The number of hydrogen-bond donors (Lipinski definition) is 2. The van der Waals surface area contributed by atoms with Crippen LogP contribution in [0.15, 0.2) is 29.0 Å². The number of amides is 1. The molecule has 5 heteroatoms. The molecule has 30 heavy (non-hydrogen) atoms. The van der Waals surface area contributed by atoms with Crippen molar-refractivity contribution < 1.29 is 4.79 Å². The van der Waals surface area contributed by atoms with Crippen molar-refractivity contribution in [2.75, 3.05) is 11.4 Å². The predicted octanol–water partition coefficient (Wildman–Crippen LogP) is 5.39. The van der Waals surface area contributed by atoms with Gasteiger partial charge >= 0.3 is 0 Å².